The molecule has 2 rings (SSSR count). The van der Waals surface area contributed by atoms with Crippen molar-refractivity contribution < 1.29 is 18.0 Å². The molecule has 0 bridgehead atoms. The first kappa shape index (κ1) is 16.3. The van der Waals surface area contributed by atoms with E-state index >= 15 is 0 Å². The van der Waals surface area contributed by atoms with Crippen LogP contribution in [0.4, 0.5) is 13.2 Å². The minimum Gasteiger partial charge on any atom is -0.337 e. The normalized spacial score (nSPS) is 24.1. The predicted molar refractivity (Wildman–Crippen MR) is 76.2 cm³/mol. The Morgan fingerprint density at radius 1 is 1.48 bits per heavy atom. The molecule has 1 aliphatic rings. The average Bonchev–Trinajstić information content (AvgIpc) is 3.04. The second kappa shape index (κ2) is 5.61. The third kappa shape index (κ3) is 2.81. The molecule has 1 aromatic rings. The summed E-state index contributed by atoms with van der Waals surface area (Å²) in [6.07, 6.45) is -4.73. The Morgan fingerprint density at radius 2 is 2.14 bits per heavy atom. The zero-order valence-corrected chi connectivity index (χ0v) is 13.1. The van der Waals surface area contributed by atoms with Gasteiger partial charge in [0.05, 0.1) is 6.04 Å². The monoisotopic (exact) mass is 320 g/mol. The van der Waals surface area contributed by atoms with Crippen molar-refractivity contribution in [2.75, 3.05) is 20.1 Å². The van der Waals surface area contributed by atoms with Crippen LogP contribution in [0.5, 0.6) is 0 Å². The number of thiophene rings is 1. The van der Waals surface area contributed by atoms with Gasteiger partial charge in [0.15, 0.2) is 5.41 Å². The van der Waals surface area contributed by atoms with E-state index in [1.54, 1.807) is 6.92 Å². The van der Waals surface area contributed by atoms with E-state index < -0.39 is 17.5 Å². The number of hydrogen-bond acceptors (Lipinski definition) is 3. The minimum atomic E-state index is -4.53. The van der Waals surface area contributed by atoms with Gasteiger partial charge in [0.1, 0.15) is 0 Å². The number of alkyl halides is 3. The van der Waals surface area contributed by atoms with Crippen molar-refractivity contribution in [1.82, 2.24) is 10.2 Å². The first-order valence-electron chi connectivity index (χ1n) is 6.80. The number of rotatable bonds is 3. The highest BCUT2D eigenvalue weighted by Crippen LogP contribution is 2.45. The molecule has 21 heavy (non-hydrogen) atoms. The van der Waals surface area contributed by atoms with Crippen LogP contribution in [-0.2, 0) is 4.79 Å². The van der Waals surface area contributed by atoms with Crippen LogP contribution >= 0.6 is 11.3 Å². The highest BCUT2D eigenvalue weighted by atomic mass is 32.1. The van der Waals surface area contributed by atoms with Gasteiger partial charge < -0.3 is 10.2 Å². The first-order chi connectivity index (χ1) is 9.69. The lowest BCUT2D eigenvalue weighted by atomic mass is 9.84. The van der Waals surface area contributed by atoms with Crippen molar-refractivity contribution in [2.24, 2.45) is 5.41 Å². The lowest BCUT2D eigenvalue weighted by Crippen LogP contribution is -2.53. The van der Waals surface area contributed by atoms with E-state index in [-0.39, 0.29) is 25.6 Å². The van der Waals surface area contributed by atoms with Gasteiger partial charge in [-0.25, -0.2) is 0 Å². The number of carbonyl (C=O) groups excluding carboxylic acids is 1. The molecule has 2 unspecified atom stereocenters. The zero-order chi connectivity index (χ0) is 15.8. The maximum absolute atomic E-state index is 13.4. The van der Waals surface area contributed by atoms with Gasteiger partial charge in [-0.1, -0.05) is 0 Å². The van der Waals surface area contributed by atoms with E-state index in [9.17, 15) is 18.0 Å². The molecule has 118 valence electrons. The predicted octanol–water partition coefficient (Wildman–Crippen LogP) is 3.12. The van der Waals surface area contributed by atoms with Crippen molar-refractivity contribution >= 4 is 17.2 Å². The van der Waals surface area contributed by atoms with Gasteiger partial charge in [-0.2, -0.15) is 13.2 Å². The molecule has 1 amide bonds. The molecule has 3 nitrogen and oxygen atoms in total. The average molecular weight is 320 g/mol. The Labute approximate surface area is 126 Å². The first-order valence-corrected chi connectivity index (χ1v) is 7.62. The summed E-state index contributed by atoms with van der Waals surface area (Å²) in [4.78, 5) is 15.7. The van der Waals surface area contributed by atoms with E-state index in [4.69, 9.17) is 0 Å². The van der Waals surface area contributed by atoms with E-state index in [1.165, 1.54) is 23.3 Å². The van der Waals surface area contributed by atoms with Crippen LogP contribution in [0.25, 0.3) is 0 Å². The van der Waals surface area contributed by atoms with Crippen molar-refractivity contribution in [3.63, 3.8) is 0 Å². The second-order valence-electron chi connectivity index (χ2n) is 5.55. The fourth-order valence-electron chi connectivity index (χ4n) is 2.62. The maximum Gasteiger partial charge on any atom is 0.404 e. The lowest BCUT2D eigenvalue weighted by Gasteiger charge is -2.35. The summed E-state index contributed by atoms with van der Waals surface area (Å²) in [5.41, 5.74) is -2.29. The number of aryl methyl sites for hydroxylation is 1. The molecule has 0 saturated carbocycles. The molecule has 1 N–H and O–H groups in total. The van der Waals surface area contributed by atoms with Crippen LogP contribution in [0.2, 0.25) is 0 Å². The Hall–Kier alpha value is -1.08. The van der Waals surface area contributed by atoms with Gasteiger partial charge in [-0.05, 0) is 38.9 Å². The minimum absolute atomic E-state index is 0.199. The number of nitrogens with zero attached hydrogens (tertiary/aromatic N) is 1. The standard InChI is InChI=1S/C14H19F3N2OS/c1-9-4-5-11(21-9)10(2)19(3)12(20)13(14(15,16)17)6-7-18-8-13/h4-5,10,18H,6-8H2,1-3H3. The van der Waals surface area contributed by atoms with Crippen LogP contribution in [0.3, 0.4) is 0 Å². The number of carbonyl (C=O) groups is 1. The summed E-state index contributed by atoms with van der Waals surface area (Å²) < 4.78 is 40.2. The number of nitrogens with one attached hydrogen (secondary N) is 1. The summed E-state index contributed by atoms with van der Waals surface area (Å²) >= 11 is 1.50. The molecule has 1 aliphatic heterocycles. The van der Waals surface area contributed by atoms with Crippen molar-refractivity contribution in [2.45, 2.75) is 32.5 Å². The molecule has 1 saturated heterocycles. The highest BCUT2D eigenvalue weighted by molar-refractivity contribution is 7.12. The third-order valence-electron chi connectivity index (χ3n) is 4.18. The Bertz CT molecular complexity index is 521. The molecule has 1 fully saturated rings. The topological polar surface area (TPSA) is 32.3 Å². The number of hydrogen-bond donors (Lipinski definition) is 1. The second-order valence-corrected chi connectivity index (χ2v) is 6.87. The number of halogens is 3. The molecule has 1 aromatic heterocycles. The van der Waals surface area contributed by atoms with Crippen molar-refractivity contribution in [3.8, 4) is 0 Å². The molecule has 0 aliphatic carbocycles. The van der Waals surface area contributed by atoms with E-state index in [2.05, 4.69) is 5.32 Å². The quantitative estimate of drug-likeness (QED) is 0.928. The van der Waals surface area contributed by atoms with Crippen LogP contribution < -0.4 is 5.32 Å². The maximum atomic E-state index is 13.4. The molecule has 7 heteroatoms. The van der Waals surface area contributed by atoms with Crippen LogP contribution in [-0.4, -0.2) is 37.1 Å². The van der Waals surface area contributed by atoms with E-state index in [0.717, 1.165) is 9.75 Å². The van der Waals surface area contributed by atoms with Crippen molar-refractivity contribution in [1.29, 1.82) is 0 Å². The summed E-state index contributed by atoms with van der Waals surface area (Å²) in [5, 5.41) is 2.67. The van der Waals surface area contributed by atoms with E-state index in [0.29, 0.717) is 0 Å². The summed E-state index contributed by atoms with van der Waals surface area (Å²) in [5.74, 6) is -0.849. The summed E-state index contributed by atoms with van der Waals surface area (Å²) in [6, 6.07) is 3.41. The van der Waals surface area contributed by atoms with E-state index in [1.807, 2.05) is 19.1 Å². The molecule has 0 radical (unpaired) electrons. The highest BCUT2D eigenvalue weighted by Gasteiger charge is 2.62. The Kier molecular flexibility index (Phi) is 4.35. The van der Waals surface area contributed by atoms with Gasteiger partial charge in [-0.15, -0.1) is 11.3 Å². The van der Waals surface area contributed by atoms with Crippen LogP contribution in [0.15, 0.2) is 12.1 Å². The number of amides is 1. The molecular formula is C14H19F3N2OS. The lowest BCUT2D eigenvalue weighted by molar-refractivity contribution is -0.222. The SMILES string of the molecule is Cc1ccc(C(C)N(C)C(=O)C2(C(F)(F)F)CCNC2)s1. The van der Waals surface area contributed by atoms with Gasteiger partial charge in [-0.3, -0.25) is 4.79 Å². The molecule has 0 spiro atoms. The van der Waals surface area contributed by atoms with Crippen LogP contribution in [0, 0.1) is 12.3 Å². The van der Waals surface area contributed by atoms with Gasteiger partial charge in [0, 0.05) is 23.3 Å². The molecular weight excluding hydrogens is 301 g/mol. The molecule has 2 heterocycles. The van der Waals surface area contributed by atoms with Gasteiger partial charge >= 0.3 is 6.18 Å². The molecule has 0 aromatic carbocycles. The fraction of sp³-hybridized carbons (Fsp3) is 0.643. The fourth-order valence-corrected chi connectivity index (χ4v) is 3.59. The van der Waals surface area contributed by atoms with Crippen molar-refractivity contribution in [3.05, 3.63) is 21.9 Å². The molecule has 2 atom stereocenters. The summed E-state index contributed by atoms with van der Waals surface area (Å²) in [7, 11) is 1.45. The Balaban J connectivity index is 2.25. The Morgan fingerprint density at radius 3 is 2.57 bits per heavy atom. The smallest absolute Gasteiger partial charge is 0.337 e. The summed E-state index contributed by atoms with van der Waals surface area (Å²) in [6.45, 7) is 3.57. The van der Waals surface area contributed by atoms with Gasteiger partial charge in [0.25, 0.3) is 0 Å². The van der Waals surface area contributed by atoms with Gasteiger partial charge in [0.2, 0.25) is 5.91 Å². The largest absolute Gasteiger partial charge is 0.404 e. The zero-order valence-electron chi connectivity index (χ0n) is 12.3. The third-order valence-corrected chi connectivity index (χ3v) is 5.35. The van der Waals surface area contributed by atoms with Crippen LogP contribution in [0.1, 0.15) is 29.1 Å².